The standard InChI is InChI=1S/C24H24ClF2N7O3S/c1-13-6-9-18(33-32-13)29-19-12-16(28-15-8-7-14(25)11-17(15)38(2,35)36)21-23(30-19)34(24(31-21)22(26)27)20-5-3-4-10-37-20/h6-9,11-12,20,22H,3-5,10H2,1-2H3,(H2,28,29,30,33). The first-order valence-electron chi connectivity index (χ1n) is 11.8. The van der Waals surface area contributed by atoms with Gasteiger partial charge < -0.3 is 15.4 Å². The van der Waals surface area contributed by atoms with Gasteiger partial charge in [0.1, 0.15) is 17.6 Å². The smallest absolute Gasteiger partial charge is 0.295 e. The number of anilines is 4. The van der Waals surface area contributed by atoms with Crippen LogP contribution in [0.1, 0.15) is 43.4 Å². The van der Waals surface area contributed by atoms with Gasteiger partial charge in [-0.05, 0) is 56.5 Å². The number of pyridine rings is 1. The second-order valence-electron chi connectivity index (χ2n) is 8.91. The lowest BCUT2D eigenvalue weighted by Gasteiger charge is -2.25. The predicted octanol–water partition coefficient (Wildman–Crippen LogP) is 5.71. The molecule has 1 fully saturated rings. The number of sulfone groups is 1. The molecule has 1 aliphatic rings. The van der Waals surface area contributed by atoms with Gasteiger partial charge in [-0.15, -0.1) is 5.10 Å². The Kier molecular flexibility index (Phi) is 7.16. The zero-order chi connectivity index (χ0) is 27.0. The Bertz CT molecular complexity index is 1590. The molecule has 0 saturated carbocycles. The Balaban J connectivity index is 1.70. The van der Waals surface area contributed by atoms with E-state index in [4.69, 9.17) is 16.3 Å². The first-order valence-corrected chi connectivity index (χ1v) is 14.0. The van der Waals surface area contributed by atoms with E-state index in [-0.39, 0.29) is 38.3 Å². The number of rotatable bonds is 7. The van der Waals surface area contributed by atoms with E-state index in [1.54, 1.807) is 25.1 Å². The molecule has 0 bridgehead atoms. The summed E-state index contributed by atoms with van der Waals surface area (Å²) in [5.74, 6) is 0.144. The van der Waals surface area contributed by atoms with E-state index in [1.807, 2.05) is 0 Å². The second kappa shape index (κ2) is 10.4. The first kappa shape index (κ1) is 26.2. The van der Waals surface area contributed by atoms with Crippen molar-refractivity contribution in [3.8, 4) is 0 Å². The maximum atomic E-state index is 14.2. The first-order chi connectivity index (χ1) is 18.1. The van der Waals surface area contributed by atoms with Gasteiger partial charge in [-0.1, -0.05) is 11.6 Å². The van der Waals surface area contributed by atoms with Gasteiger partial charge in [-0.3, -0.25) is 4.57 Å². The molecule has 38 heavy (non-hydrogen) atoms. The van der Waals surface area contributed by atoms with E-state index in [9.17, 15) is 17.2 Å². The van der Waals surface area contributed by atoms with E-state index >= 15 is 0 Å². The van der Waals surface area contributed by atoms with Gasteiger partial charge in [0.2, 0.25) is 0 Å². The van der Waals surface area contributed by atoms with Crippen molar-refractivity contribution in [2.45, 2.75) is 43.7 Å². The summed E-state index contributed by atoms with van der Waals surface area (Å²) in [7, 11) is -3.69. The van der Waals surface area contributed by atoms with Crippen molar-refractivity contribution in [3.05, 3.63) is 52.9 Å². The highest BCUT2D eigenvalue weighted by atomic mass is 35.5. The molecule has 4 aromatic rings. The predicted molar refractivity (Wildman–Crippen MR) is 139 cm³/mol. The maximum Gasteiger partial charge on any atom is 0.295 e. The zero-order valence-corrected chi connectivity index (χ0v) is 22.0. The van der Waals surface area contributed by atoms with Crippen LogP contribution < -0.4 is 10.6 Å². The third-order valence-corrected chi connectivity index (χ3v) is 7.35. The van der Waals surface area contributed by atoms with Crippen LogP contribution in [0.2, 0.25) is 5.02 Å². The largest absolute Gasteiger partial charge is 0.358 e. The van der Waals surface area contributed by atoms with Crippen LogP contribution in [0.5, 0.6) is 0 Å². The number of nitrogens with zero attached hydrogens (tertiary/aromatic N) is 5. The Labute approximate surface area is 222 Å². The second-order valence-corrected chi connectivity index (χ2v) is 11.3. The highest BCUT2D eigenvalue weighted by molar-refractivity contribution is 7.90. The van der Waals surface area contributed by atoms with Crippen LogP contribution in [-0.4, -0.2) is 46.0 Å². The number of aromatic nitrogens is 5. The molecule has 3 aromatic heterocycles. The van der Waals surface area contributed by atoms with Crippen LogP contribution in [0.3, 0.4) is 0 Å². The molecule has 1 unspecified atom stereocenters. The molecule has 0 radical (unpaired) electrons. The quantitative estimate of drug-likeness (QED) is 0.291. The number of fused-ring (bicyclic) bond motifs is 1. The third kappa shape index (κ3) is 5.40. The number of imidazole rings is 1. The fourth-order valence-electron chi connectivity index (χ4n) is 4.25. The van der Waals surface area contributed by atoms with Crippen LogP contribution in [0.15, 0.2) is 41.3 Å². The normalized spacial score (nSPS) is 16.2. The molecule has 14 heteroatoms. The van der Waals surface area contributed by atoms with Crippen molar-refractivity contribution in [2.24, 2.45) is 0 Å². The number of benzene rings is 1. The molecular weight excluding hydrogens is 540 g/mol. The molecule has 0 aliphatic carbocycles. The van der Waals surface area contributed by atoms with Crippen LogP contribution in [0.25, 0.3) is 11.2 Å². The summed E-state index contributed by atoms with van der Waals surface area (Å²) in [6.07, 6.45) is -0.363. The van der Waals surface area contributed by atoms with E-state index < -0.39 is 28.3 Å². The number of nitrogens with one attached hydrogen (secondary N) is 2. The summed E-state index contributed by atoms with van der Waals surface area (Å²) in [5, 5.41) is 14.4. The lowest BCUT2D eigenvalue weighted by atomic mass is 10.2. The van der Waals surface area contributed by atoms with Gasteiger partial charge in [-0.2, -0.15) is 5.10 Å². The van der Waals surface area contributed by atoms with Gasteiger partial charge in [0.25, 0.3) is 6.43 Å². The van der Waals surface area contributed by atoms with Crippen molar-refractivity contribution >= 4 is 55.6 Å². The SMILES string of the molecule is Cc1ccc(Nc2cc(Nc3ccc(Cl)cc3S(C)(=O)=O)c3nc(C(F)F)n(C4CCCCO4)c3n2)nn1. The maximum absolute atomic E-state index is 14.2. The summed E-state index contributed by atoms with van der Waals surface area (Å²) in [6, 6.07) is 9.34. The number of ether oxygens (including phenoxy) is 1. The number of aryl methyl sites for hydroxylation is 1. The Morgan fingerprint density at radius 2 is 1.87 bits per heavy atom. The van der Waals surface area contributed by atoms with Gasteiger partial charge >= 0.3 is 0 Å². The summed E-state index contributed by atoms with van der Waals surface area (Å²) < 4.78 is 60.5. The average Bonchev–Trinajstić information content (AvgIpc) is 3.27. The number of alkyl halides is 2. The van der Waals surface area contributed by atoms with Crippen molar-refractivity contribution in [3.63, 3.8) is 0 Å². The van der Waals surface area contributed by atoms with Crippen molar-refractivity contribution < 1.29 is 21.9 Å². The molecule has 10 nitrogen and oxygen atoms in total. The molecule has 0 spiro atoms. The minimum atomic E-state index is -3.69. The molecule has 4 heterocycles. The minimum Gasteiger partial charge on any atom is -0.358 e. The summed E-state index contributed by atoms with van der Waals surface area (Å²) >= 11 is 6.05. The minimum absolute atomic E-state index is 0.0574. The fourth-order valence-corrected chi connectivity index (χ4v) is 5.35. The van der Waals surface area contributed by atoms with Crippen molar-refractivity contribution in [1.29, 1.82) is 0 Å². The van der Waals surface area contributed by atoms with E-state index in [0.29, 0.717) is 24.5 Å². The lowest BCUT2D eigenvalue weighted by Crippen LogP contribution is -2.20. The Hall–Kier alpha value is -3.42. The van der Waals surface area contributed by atoms with Crippen molar-refractivity contribution in [2.75, 3.05) is 23.5 Å². The average molecular weight is 564 g/mol. The number of hydrogen-bond donors (Lipinski definition) is 2. The molecule has 200 valence electrons. The van der Waals surface area contributed by atoms with Gasteiger partial charge in [0.15, 0.2) is 27.1 Å². The lowest BCUT2D eigenvalue weighted by molar-refractivity contribution is -0.0363. The van der Waals surface area contributed by atoms with E-state index in [1.165, 1.54) is 22.8 Å². The van der Waals surface area contributed by atoms with Crippen LogP contribution in [0, 0.1) is 6.92 Å². The molecule has 2 N–H and O–H groups in total. The number of halogens is 3. The van der Waals surface area contributed by atoms with Crippen molar-refractivity contribution in [1.82, 2.24) is 24.7 Å². The van der Waals surface area contributed by atoms with Gasteiger partial charge in [0.05, 0.1) is 22.0 Å². The van der Waals surface area contributed by atoms with E-state index in [0.717, 1.165) is 19.1 Å². The van der Waals surface area contributed by atoms with Gasteiger partial charge in [0, 0.05) is 24.0 Å². The zero-order valence-electron chi connectivity index (χ0n) is 20.5. The summed E-state index contributed by atoms with van der Waals surface area (Å²) in [4.78, 5) is 8.76. The third-order valence-electron chi connectivity index (χ3n) is 5.98. The summed E-state index contributed by atoms with van der Waals surface area (Å²) in [5.41, 5.74) is 1.44. The van der Waals surface area contributed by atoms with E-state index in [2.05, 4.69) is 30.8 Å². The molecule has 1 saturated heterocycles. The summed E-state index contributed by atoms with van der Waals surface area (Å²) in [6.45, 7) is 2.22. The monoisotopic (exact) mass is 563 g/mol. The fraction of sp³-hybridized carbons (Fsp3) is 0.333. The topological polar surface area (TPSA) is 124 Å². The van der Waals surface area contributed by atoms with Crippen LogP contribution in [-0.2, 0) is 14.6 Å². The highest BCUT2D eigenvalue weighted by Crippen LogP contribution is 2.37. The van der Waals surface area contributed by atoms with Crippen LogP contribution in [0.4, 0.5) is 31.8 Å². The Morgan fingerprint density at radius 3 is 2.53 bits per heavy atom. The molecule has 1 aliphatic heterocycles. The molecule has 5 rings (SSSR count). The molecule has 0 amide bonds. The molecule has 1 aromatic carbocycles. The molecule has 1 atom stereocenters. The Morgan fingerprint density at radius 1 is 1.05 bits per heavy atom. The number of hydrogen-bond acceptors (Lipinski definition) is 9. The molecular formula is C24H24ClF2N7O3S. The highest BCUT2D eigenvalue weighted by Gasteiger charge is 2.29. The van der Waals surface area contributed by atoms with Crippen LogP contribution >= 0.6 is 11.6 Å². The van der Waals surface area contributed by atoms with Gasteiger partial charge in [-0.25, -0.2) is 27.2 Å².